The maximum atomic E-state index is 11.9. The molecule has 0 atom stereocenters. The SMILES string of the molecule is COCCNCCNC(=O)c1cc(C)cc(C)c1.Cl. The number of nitrogens with one attached hydrogen (secondary N) is 2. The molecular formula is C14H23ClN2O2. The van der Waals surface area contributed by atoms with Gasteiger partial charge in [-0.25, -0.2) is 0 Å². The van der Waals surface area contributed by atoms with Crippen LogP contribution in [-0.2, 0) is 4.74 Å². The summed E-state index contributed by atoms with van der Waals surface area (Å²) < 4.78 is 4.92. The van der Waals surface area contributed by atoms with Crippen molar-refractivity contribution in [1.29, 1.82) is 0 Å². The van der Waals surface area contributed by atoms with E-state index in [1.54, 1.807) is 7.11 Å². The Morgan fingerprint density at radius 1 is 1.11 bits per heavy atom. The average molecular weight is 287 g/mol. The minimum atomic E-state index is -0.0182. The number of carbonyl (C=O) groups is 1. The van der Waals surface area contributed by atoms with E-state index in [9.17, 15) is 4.79 Å². The van der Waals surface area contributed by atoms with Crippen molar-refractivity contribution in [3.05, 3.63) is 34.9 Å². The van der Waals surface area contributed by atoms with E-state index in [1.165, 1.54) is 0 Å². The number of benzene rings is 1. The van der Waals surface area contributed by atoms with Crippen LogP contribution < -0.4 is 10.6 Å². The quantitative estimate of drug-likeness (QED) is 0.750. The lowest BCUT2D eigenvalue weighted by atomic mass is 10.1. The second-order valence-electron chi connectivity index (χ2n) is 4.38. The molecule has 5 heteroatoms. The Kier molecular flexibility index (Phi) is 9.21. The van der Waals surface area contributed by atoms with Crippen molar-refractivity contribution in [2.75, 3.05) is 33.4 Å². The molecule has 0 saturated heterocycles. The van der Waals surface area contributed by atoms with Gasteiger partial charge in [0.1, 0.15) is 0 Å². The minimum Gasteiger partial charge on any atom is -0.383 e. The van der Waals surface area contributed by atoms with Gasteiger partial charge in [-0.2, -0.15) is 0 Å². The minimum absolute atomic E-state index is 0. The van der Waals surface area contributed by atoms with E-state index in [0.717, 1.165) is 29.8 Å². The van der Waals surface area contributed by atoms with Gasteiger partial charge in [0.2, 0.25) is 0 Å². The van der Waals surface area contributed by atoms with Crippen molar-refractivity contribution in [2.45, 2.75) is 13.8 Å². The first-order valence-electron chi connectivity index (χ1n) is 6.19. The Morgan fingerprint density at radius 2 is 1.74 bits per heavy atom. The van der Waals surface area contributed by atoms with Crippen LogP contribution in [0, 0.1) is 13.8 Å². The number of aryl methyl sites for hydroxylation is 2. The predicted molar refractivity (Wildman–Crippen MR) is 80.2 cm³/mol. The van der Waals surface area contributed by atoms with Crippen molar-refractivity contribution in [3.63, 3.8) is 0 Å². The molecule has 108 valence electrons. The van der Waals surface area contributed by atoms with Crippen molar-refractivity contribution >= 4 is 18.3 Å². The summed E-state index contributed by atoms with van der Waals surface area (Å²) in [5, 5.41) is 6.06. The average Bonchev–Trinajstić information content (AvgIpc) is 2.32. The van der Waals surface area contributed by atoms with Crippen LogP contribution in [-0.4, -0.2) is 39.3 Å². The highest BCUT2D eigenvalue weighted by Crippen LogP contribution is 2.08. The van der Waals surface area contributed by atoms with E-state index >= 15 is 0 Å². The van der Waals surface area contributed by atoms with Gasteiger partial charge < -0.3 is 15.4 Å². The summed E-state index contributed by atoms with van der Waals surface area (Å²) in [6, 6.07) is 5.87. The van der Waals surface area contributed by atoms with Crippen LogP contribution in [0.4, 0.5) is 0 Å². The number of methoxy groups -OCH3 is 1. The van der Waals surface area contributed by atoms with Crippen molar-refractivity contribution in [1.82, 2.24) is 10.6 Å². The van der Waals surface area contributed by atoms with Gasteiger partial charge in [-0.05, 0) is 26.0 Å². The fourth-order valence-corrected chi connectivity index (χ4v) is 1.77. The Balaban J connectivity index is 0.00000324. The van der Waals surface area contributed by atoms with E-state index in [2.05, 4.69) is 16.7 Å². The molecule has 1 rings (SSSR count). The van der Waals surface area contributed by atoms with Crippen LogP contribution in [0.15, 0.2) is 18.2 Å². The van der Waals surface area contributed by atoms with Crippen LogP contribution in [0.1, 0.15) is 21.5 Å². The van der Waals surface area contributed by atoms with Crippen molar-refractivity contribution < 1.29 is 9.53 Å². The van der Waals surface area contributed by atoms with Crippen molar-refractivity contribution in [2.24, 2.45) is 0 Å². The Labute approximate surface area is 121 Å². The molecule has 0 saturated carbocycles. The lowest BCUT2D eigenvalue weighted by molar-refractivity contribution is 0.0953. The van der Waals surface area contributed by atoms with Crippen molar-refractivity contribution in [3.8, 4) is 0 Å². The second-order valence-corrected chi connectivity index (χ2v) is 4.38. The predicted octanol–water partition coefficient (Wildman–Crippen LogP) is 1.69. The molecule has 0 aliphatic rings. The molecule has 4 nitrogen and oxygen atoms in total. The molecule has 1 amide bonds. The summed E-state index contributed by atoms with van der Waals surface area (Å²) in [5.41, 5.74) is 2.95. The number of carbonyl (C=O) groups excluding carboxylic acids is 1. The standard InChI is InChI=1S/C14H22N2O2.ClH/c1-11-8-12(2)10-13(9-11)14(17)16-5-4-15-6-7-18-3;/h8-10,15H,4-7H2,1-3H3,(H,16,17);1H. The smallest absolute Gasteiger partial charge is 0.251 e. The maximum absolute atomic E-state index is 11.9. The zero-order valence-corrected chi connectivity index (χ0v) is 12.6. The maximum Gasteiger partial charge on any atom is 0.251 e. The normalized spacial score (nSPS) is 9.84. The van der Waals surface area contributed by atoms with Crippen LogP contribution in [0.2, 0.25) is 0 Å². The zero-order chi connectivity index (χ0) is 13.4. The molecule has 0 radical (unpaired) electrons. The summed E-state index contributed by atoms with van der Waals surface area (Å²) >= 11 is 0. The van der Waals surface area contributed by atoms with Gasteiger partial charge in [0.15, 0.2) is 0 Å². The first-order valence-corrected chi connectivity index (χ1v) is 6.19. The topological polar surface area (TPSA) is 50.4 Å². The number of amides is 1. The Hall–Kier alpha value is -1.10. The summed E-state index contributed by atoms with van der Waals surface area (Å²) in [6.45, 7) is 6.85. The van der Waals surface area contributed by atoms with Gasteiger partial charge in [-0.1, -0.05) is 17.2 Å². The molecule has 0 aromatic heterocycles. The highest BCUT2D eigenvalue weighted by atomic mass is 35.5. The molecule has 0 unspecified atom stereocenters. The van der Waals surface area contributed by atoms with E-state index in [-0.39, 0.29) is 18.3 Å². The fourth-order valence-electron chi connectivity index (χ4n) is 1.77. The number of ether oxygens (including phenoxy) is 1. The summed E-state index contributed by atoms with van der Waals surface area (Å²) in [5.74, 6) is -0.0182. The summed E-state index contributed by atoms with van der Waals surface area (Å²) in [7, 11) is 1.67. The fraction of sp³-hybridized carbons (Fsp3) is 0.500. The largest absolute Gasteiger partial charge is 0.383 e. The van der Waals surface area contributed by atoms with Gasteiger partial charge in [-0.3, -0.25) is 4.79 Å². The lowest BCUT2D eigenvalue weighted by Crippen LogP contribution is -2.33. The molecule has 0 heterocycles. The molecule has 0 spiro atoms. The molecule has 2 N–H and O–H groups in total. The van der Waals surface area contributed by atoms with Crippen LogP contribution in [0.25, 0.3) is 0 Å². The van der Waals surface area contributed by atoms with Gasteiger partial charge in [-0.15, -0.1) is 12.4 Å². The first-order chi connectivity index (χ1) is 8.63. The van der Waals surface area contributed by atoms with Gasteiger partial charge in [0, 0.05) is 32.3 Å². The van der Waals surface area contributed by atoms with Gasteiger partial charge >= 0.3 is 0 Å². The monoisotopic (exact) mass is 286 g/mol. The molecule has 0 bridgehead atoms. The third kappa shape index (κ3) is 7.15. The molecule has 1 aromatic rings. The van der Waals surface area contributed by atoms with E-state index < -0.39 is 0 Å². The van der Waals surface area contributed by atoms with E-state index in [4.69, 9.17) is 4.74 Å². The number of rotatable bonds is 7. The Morgan fingerprint density at radius 3 is 2.32 bits per heavy atom. The Bertz CT molecular complexity index is 377. The highest BCUT2D eigenvalue weighted by Gasteiger charge is 2.05. The lowest BCUT2D eigenvalue weighted by Gasteiger charge is -2.08. The van der Waals surface area contributed by atoms with E-state index in [1.807, 2.05) is 26.0 Å². The third-order valence-corrected chi connectivity index (χ3v) is 2.55. The molecule has 19 heavy (non-hydrogen) atoms. The van der Waals surface area contributed by atoms with Gasteiger partial charge in [0.25, 0.3) is 5.91 Å². The zero-order valence-electron chi connectivity index (χ0n) is 11.8. The number of hydrogen-bond donors (Lipinski definition) is 2. The first kappa shape index (κ1) is 17.9. The molecule has 0 fully saturated rings. The molecule has 0 aliphatic carbocycles. The highest BCUT2D eigenvalue weighted by molar-refractivity contribution is 5.94. The van der Waals surface area contributed by atoms with Crippen LogP contribution in [0.3, 0.4) is 0 Å². The van der Waals surface area contributed by atoms with Gasteiger partial charge in [0.05, 0.1) is 6.61 Å². The third-order valence-electron chi connectivity index (χ3n) is 2.55. The molecular weight excluding hydrogens is 264 g/mol. The number of hydrogen-bond acceptors (Lipinski definition) is 3. The number of halogens is 1. The second kappa shape index (κ2) is 9.78. The molecule has 1 aromatic carbocycles. The van der Waals surface area contributed by atoms with E-state index in [0.29, 0.717) is 13.2 Å². The summed E-state index contributed by atoms with van der Waals surface area (Å²) in [4.78, 5) is 11.9. The summed E-state index contributed by atoms with van der Waals surface area (Å²) in [6.07, 6.45) is 0. The van der Waals surface area contributed by atoms with Crippen LogP contribution in [0.5, 0.6) is 0 Å². The molecule has 0 aliphatic heterocycles. The van der Waals surface area contributed by atoms with Crippen LogP contribution >= 0.6 is 12.4 Å².